The summed E-state index contributed by atoms with van der Waals surface area (Å²) in [4.78, 5) is 16.3. The molecule has 0 aromatic carbocycles. The average Bonchev–Trinajstić information content (AvgIpc) is 3.36. The van der Waals surface area contributed by atoms with Crippen molar-refractivity contribution in [1.29, 1.82) is 0 Å². The molecular formula is C26H39N3O5. The van der Waals surface area contributed by atoms with E-state index < -0.39 is 6.10 Å². The molecule has 1 saturated heterocycles. The Morgan fingerprint density at radius 1 is 1.12 bits per heavy atom. The predicted molar refractivity (Wildman–Crippen MR) is 130 cm³/mol. The van der Waals surface area contributed by atoms with Crippen LogP contribution in [-0.4, -0.2) is 53.3 Å². The van der Waals surface area contributed by atoms with E-state index in [9.17, 15) is 4.79 Å². The molecule has 0 saturated carbocycles. The van der Waals surface area contributed by atoms with Gasteiger partial charge in [0, 0.05) is 19.4 Å². The van der Waals surface area contributed by atoms with E-state index in [4.69, 9.17) is 18.9 Å². The number of hydrogen-bond acceptors (Lipinski definition) is 7. The minimum atomic E-state index is -0.436. The summed E-state index contributed by atoms with van der Waals surface area (Å²) in [6.45, 7) is 6.19. The highest BCUT2D eigenvalue weighted by Gasteiger charge is 2.20. The summed E-state index contributed by atoms with van der Waals surface area (Å²) in [5, 5.41) is 4.46. The van der Waals surface area contributed by atoms with Crippen LogP contribution in [0.4, 0.5) is 0 Å². The molecule has 0 spiro atoms. The van der Waals surface area contributed by atoms with E-state index in [0.29, 0.717) is 26.2 Å². The van der Waals surface area contributed by atoms with Gasteiger partial charge in [-0.3, -0.25) is 4.98 Å². The summed E-state index contributed by atoms with van der Waals surface area (Å²) in [6, 6.07) is 5.92. The largest absolute Gasteiger partial charge is 0.492 e. The van der Waals surface area contributed by atoms with Crippen molar-refractivity contribution in [3.05, 3.63) is 30.6 Å². The number of rotatable bonds is 15. The Hall–Kier alpha value is -2.45. The van der Waals surface area contributed by atoms with Crippen molar-refractivity contribution < 1.29 is 23.7 Å². The summed E-state index contributed by atoms with van der Waals surface area (Å²) in [5.74, 6) is 0.523. The van der Waals surface area contributed by atoms with Crippen LogP contribution in [0.1, 0.15) is 77.9 Å². The molecule has 2 atom stereocenters. The lowest BCUT2D eigenvalue weighted by molar-refractivity contribution is -0.157. The van der Waals surface area contributed by atoms with Crippen LogP contribution >= 0.6 is 0 Å². The number of nitrogens with zero attached hydrogens (tertiary/aromatic N) is 3. The Kier molecular flexibility index (Phi) is 11.3. The molecule has 188 valence electrons. The number of esters is 1. The van der Waals surface area contributed by atoms with Crippen molar-refractivity contribution in [3.63, 3.8) is 0 Å². The molecule has 1 aliphatic rings. The Morgan fingerprint density at radius 3 is 2.65 bits per heavy atom. The molecule has 1 aliphatic heterocycles. The summed E-state index contributed by atoms with van der Waals surface area (Å²) >= 11 is 0. The maximum Gasteiger partial charge on any atom is 0.335 e. The summed E-state index contributed by atoms with van der Waals surface area (Å²) in [6.07, 6.45) is 12.3. The van der Waals surface area contributed by atoms with Crippen LogP contribution < -0.4 is 4.74 Å². The third-order valence-corrected chi connectivity index (χ3v) is 5.89. The molecule has 0 radical (unpaired) electrons. The molecular weight excluding hydrogens is 434 g/mol. The molecule has 2 unspecified atom stereocenters. The number of hydrogen-bond donors (Lipinski definition) is 0. The van der Waals surface area contributed by atoms with Crippen molar-refractivity contribution in [2.75, 3.05) is 26.4 Å². The maximum absolute atomic E-state index is 11.7. The molecule has 8 heteroatoms. The van der Waals surface area contributed by atoms with E-state index in [-0.39, 0.29) is 12.2 Å². The van der Waals surface area contributed by atoms with Gasteiger partial charge < -0.3 is 18.9 Å². The Balaban J connectivity index is 1.29. The second-order valence-corrected chi connectivity index (χ2v) is 8.50. The van der Waals surface area contributed by atoms with E-state index in [1.807, 2.05) is 36.7 Å². The van der Waals surface area contributed by atoms with Gasteiger partial charge in [0.15, 0.2) is 12.3 Å². The first-order chi connectivity index (χ1) is 16.7. The van der Waals surface area contributed by atoms with Crippen LogP contribution in [0.25, 0.3) is 11.4 Å². The standard InChI is InChI=1S/C26H39N3O5/c1-3-24(26(30)31-4-2)33-18-10-7-5-6-9-17-32-21-13-14-22(27-20-21)23-15-16-28-29(23)25-12-8-11-19-34-25/h13-16,20,24-25H,3-12,17-19H2,1-2H3. The van der Waals surface area contributed by atoms with Crippen molar-refractivity contribution in [3.8, 4) is 17.1 Å². The number of carbonyl (C=O) groups is 1. The Bertz CT molecular complexity index is 833. The second-order valence-electron chi connectivity index (χ2n) is 8.50. The van der Waals surface area contributed by atoms with Gasteiger partial charge in [0.05, 0.1) is 30.8 Å². The highest BCUT2D eigenvalue weighted by Crippen LogP contribution is 2.28. The zero-order valence-electron chi connectivity index (χ0n) is 20.6. The first-order valence-corrected chi connectivity index (χ1v) is 12.8. The highest BCUT2D eigenvalue weighted by molar-refractivity contribution is 5.74. The van der Waals surface area contributed by atoms with Crippen LogP contribution in [0.5, 0.6) is 5.75 Å². The molecule has 1 fully saturated rings. The number of unbranched alkanes of at least 4 members (excludes halogenated alkanes) is 4. The Labute approximate surface area is 202 Å². The van der Waals surface area contributed by atoms with Crippen LogP contribution in [0.15, 0.2) is 30.6 Å². The van der Waals surface area contributed by atoms with Crippen LogP contribution in [-0.2, 0) is 19.0 Å². The molecule has 3 rings (SSSR count). The normalized spacial score (nSPS) is 16.8. The van der Waals surface area contributed by atoms with Crippen molar-refractivity contribution in [2.24, 2.45) is 0 Å². The van der Waals surface area contributed by atoms with Gasteiger partial charge in [-0.1, -0.05) is 26.2 Å². The first-order valence-electron chi connectivity index (χ1n) is 12.8. The quantitative estimate of drug-likeness (QED) is 0.255. The zero-order chi connectivity index (χ0) is 24.0. The monoisotopic (exact) mass is 473 g/mol. The fourth-order valence-electron chi connectivity index (χ4n) is 4.02. The zero-order valence-corrected chi connectivity index (χ0v) is 20.6. The number of ether oxygens (including phenoxy) is 4. The van der Waals surface area contributed by atoms with Gasteiger partial charge in [0.2, 0.25) is 0 Å². The van der Waals surface area contributed by atoms with E-state index in [1.165, 1.54) is 0 Å². The molecule has 8 nitrogen and oxygen atoms in total. The number of pyridine rings is 1. The maximum atomic E-state index is 11.7. The molecule has 2 aromatic heterocycles. The number of carbonyl (C=O) groups excluding carboxylic acids is 1. The Morgan fingerprint density at radius 2 is 1.94 bits per heavy atom. The molecule has 0 amide bonds. The van der Waals surface area contributed by atoms with Crippen molar-refractivity contribution in [2.45, 2.75) is 84.0 Å². The summed E-state index contributed by atoms with van der Waals surface area (Å²) < 4.78 is 24.3. The lowest BCUT2D eigenvalue weighted by Gasteiger charge is -2.24. The lowest BCUT2D eigenvalue weighted by atomic mass is 10.1. The smallest absolute Gasteiger partial charge is 0.335 e. The first kappa shape index (κ1) is 26.2. The third kappa shape index (κ3) is 8.09. The summed E-state index contributed by atoms with van der Waals surface area (Å²) in [7, 11) is 0. The lowest BCUT2D eigenvalue weighted by Crippen LogP contribution is -2.26. The highest BCUT2D eigenvalue weighted by atomic mass is 16.6. The molecule has 2 aromatic rings. The van der Waals surface area contributed by atoms with Crippen molar-refractivity contribution in [1.82, 2.24) is 14.8 Å². The van der Waals surface area contributed by atoms with Gasteiger partial charge >= 0.3 is 5.97 Å². The topological polar surface area (TPSA) is 84.7 Å². The van der Waals surface area contributed by atoms with Gasteiger partial charge in [0.1, 0.15) is 5.75 Å². The van der Waals surface area contributed by atoms with Gasteiger partial charge in [0.25, 0.3) is 0 Å². The minimum Gasteiger partial charge on any atom is -0.492 e. The van der Waals surface area contributed by atoms with E-state index >= 15 is 0 Å². The van der Waals surface area contributed by atoms with Gasteiger partial charge in [-0.05, 0) is 63.6 Å². The SMILES string of the molecule is CCOC(=O)C(CC)OCCCCCCCOc1ccc(-c2ccnn2C2CCCCO2)nc1. The van der Waals surface area contributed by atoms with Crippen LogP contribution in [0.3, 0.4) is 0 Å². The summed E-state index contributed by atoms with van der Waals surface area (Å²) in [5.41, 5.74) is 1.84. The number of aromatic nitrogens is 3. The van der Waals surface area contributed by atoms with E-state index in [2.05, 4.69) is 10.1 Å². The molecule has 34 heavy (non-hydrogen) atoms. The van der Waals surface area contributed by atoms with E-state index in [0.717, 1.165) is 75.1 Å². The van der Waals surface area contributed by atoms with Gasteiger partial charge in [-0.25, -0.2) is 9.48 Å². The fourth-order valence-corrected chi connectivity index (χ4v) is 4.02. The van der Waals surface area contributed by atoms with E-state index in [1.54, 1.807) is 12.4 Å². The van der Waals surface area contributed by atoms with Crippen LogP contribution in [0, 0.1) is 0 Å². The average molecular weight is 474 g/mol. The van der Waals surface area contributed by atoms with Crippen molar-refractivity contribution >= 4 is 5.97 Å². The predicted octanol–water partition coefficient (Wildman–Crippen LogP) is 5.33. The minimum absolute atomic E-state index is 0.00585. The van der Waals surface area contributed by atoms with Gasteiger partial charge in [-0.2, -0.15) is 5.10 Å². The fraction of sp³-hybridized carbons (Fsp3) is 0.654. The molecule has 3 heterocycles. The molecule has 0 aliphatic carbocycles. The van der Waals surface area contributed by atoms with Crippen LogP contribution in [0.2, 0.25) is 0 Å². The molecule has 0 bridgehead atoms. The third-order valence-electron chi connectivity index (χ3n) is 5.89. The van der Waals surface area contributed by atoms with Gasteiger partial charge in [-0.15, -0.1) is 0 Å². The molecule has 0 N–H and O–H groups in total. The second kappa shape index (κ2) is 14.7.